The molecule has 1 atom stereocenters. The van der Waals surface area contributed by atoms with Crippen molar-refractivity contribution in [3.05, 3.63) is 63.3 Å². The van der Waals surface area contributed by atoms with Crippen molar-refractivity contribution < 1.29 is 28.6 Å². The van der Waals surface area contributed by atoms with E-state index in [4.69, 9.17) is 4.74 Å². The van der Waals surface area contributed by atoms with Gasteiger partial charge in [-0.3, -0.25) is 14.4 Å². The van der Waals surface area contributed by atoms with Gasteiger partial charge in [-0.2, -0.15) is 0 Å². The first-order valence-electron chi connectivity index (χ1n) is 11.5. The number of esters is 1. The first-order valence-corrected chi connectivity index (χ1v) is 11.5. The topological polar surface area (TPSA) is 94.8 Å². The number of nitrogens with zero attached hydrogens (tertiary/aromatic N) is 1. The normalized spacial score (nSPS) is 12.5. The zero-order chi connectivity index (χ0) is 26.3. The Balaban J connectivity index is 2.75. The molecule has 0 aliphatic carbocycles. The van der Waals surface area contributed by atoms with Crippen molar-refractivity contribution in [2.45, 2.75) is 65.2 Å². The SMILES string of the molecule is COCc1c(-c2ccc(F)cc2)c(/C=C/C(O)CC(=O)CC(=O)OC)c(C(C)C)n(C(C)C)c1=O. The van der Waals surface area contributed by atoms with Gasteiger partial charge in [0.1, 0.15) is 18.0 Å². The Kier molecular flexibility index (Phi) is 10.1. The van der Waals surface area contributed by atoms with E-state index < -0.39 is 30.1 Å². The minimum atomic E-state index is -1.15. The van der Waals surface area contributed by atoms with Crippen molar-refractivity contribution >= 4 is 17.8 Å². The van der Waals surface area contributed by atoms with Gasteiger partial charge in [0.25, 0.3) is 5.56 Å². The fraction of sp³-hybridized carbons (Fsp3) is 0.444. The van der Waals surface area contributed by atoms with Crippen LogP contribution in [0.4, 0.5) is 4.39 Å². The monoisotopic (exact) mass is 487 g/mol. The lowest BCUT2D eigenvalue weighted by Crippen LogP contribution is -2.31. The number of aliphatic hydroxyl groups excluding tert-OH is 1. The van der Waals surface area contributed by atoms with Crippen LogP contribution in [0, 0.1) is 5.82 Å². The minimum Gasteiger partial charge on any atom is -0.469 e. The third-order valence-electron chi connectivity index (χ3n) is 5.56. The van der Waals surface area contributed by atoms with E-state index in [0.29, 0.717) is 22.3 Å². The molecular formula is C27H34FNO6. The molecule has 0 aliphatic heterocycles. The summed E-state index contributed by atoms with van der Waals surface area (Å²) >= 11 is 0. The summed E-state index contributed by atoms with van der Waals surface area (Å²) in [7, 11) is 2.69. The van der Waals surface area contributed by atoms with Gasteiger partial charge in [0.05, 0.1) is 25.4 Å². The van der Waals surface area contributed by atoms with Crippen molar-refractivity contribution in [3.63, 3.8) is 0 Å². The molecule has 1 N–H and O–H groups in total. The largest absolute Gasteiger partial charge is 0.469 e. The Morgan fingerprint density at radius 2 is 1.74 bits per heavy atom. The molecule has 190 valence electrons. The molecule has 0 spiro atoms. The molecule has 1 unspecified atom stereocenters. The van der Waals surface area contributed by atoms with Crippen LogP contribution in [0.2, 0.25) is 0 Å². The molecule has 1 heterocycles. The highest BCUT2D eigenvalue weighted by atomic mass is 19.1. The van der Waals surface area contributed by atoms with E-state index in [-0.39, 0.29) is 30.5 Å². The summed E-state index contributed by atoms with van der Waals surface area (Å²) in [5.41, 5.74) is 2.84. The first kappa shape index (κ1) is 28.1. The molecular weight excluding hydrogens is 453 g/mol. The Bertz CT molecular complexity index is 1130. The number of hydrogen-bond donors (Lipinski definition) is 1. The number of aliphatic hydroxyl groups is 1. The van der Waals surface area contributed by atoms with Crippen molar-refractivity contribution in [2.75, 3.05) is 14.2 Å². The summed E-state index contributed by atoms with van der Waals surface area (Å²) < 4.78 is 25.3. The Labute approximate surface area is 205 Å². The number of methoxy groups -OCH3 is 2. The molecule has 0 saturated carbocycles. The molecule has 1 aromatic heterocycles. The molecule has 0 radical (unpaired) electrons. The minimum absolute atomic E-state index is 0.0393. The van der Waals surface area contributed by atoms with Gasteiger partial charge in [-0.1, -0.05) is 38.1 Å². The molecule has 0 saturated heterocycles. The third kappa shape index (κ3) is 6.96. The average Bonchev–Trinajstić information content (AvgIpc) is 2.79. The highest BCUT2D eigenvalue weighted by Gasteiger charge is 2.25. The van der Waals surface area contributed by atoms with Gasteiger partial charge >= 0.3 is 5.97 Å². The molecule has 0 amide bonds. The van der Waals surface area contributed by atoms with E-state index in [1.165, 1.54) is 32.4 Å². The molecule has 0 aliphatic rings. The van der Waals surface area contributed by atoms with Crippen LogP contribution in [0.25, 0.3) is 17.2 Å². The fourth-order valence-electron chi connectivity index (χ4n) is 4.09. The van der Waals surface area contributed by atoms with Crippen LogP contribution in [0.5, 0.6) is 0 Å². The predicted octanol–water partition coefficient (Wildman–Crippen LogP) is 4.40. The van der Waals surface area contributed by atoms with Crippen molar-refractivity contribution in [1.82, 2.24) is 4.57 Å². The van der Waals surface area contributed by atoms with Crippen molar-refractivity contribution in [2.24, 2.45) is 0 Å². The van der Waals surface area contributed by atoms with Gasteiger partial charge < -0.3 is 19.1 Å². The fourth-order valence-corrected chi connectivity index (χ4v) is 4.09. The van der Waals surface area contributed by atoms with Crippen LogP contribution in [0.15, 0.2) is 35.1 Å². The van der Waals surface area contributed by atoms with E-state index >= 15 is 0 Å². The number of pyridine rings is 1. The zero-order valence-corrected chi connectivity index (χ0v) is 21.1. The number of Topliss-reactive ketones (excluding diaryl/α,β-unsaturated/α-hetero) is 1. The molecule has 7 nitrogen and oxygen atoms in total. The number of ether oxygens (including phenoxy) is 2. The molecule has 8 heteroatoms. The predicted molar refractivity (Wildman–Crippen MR) is 133 cm³/mol. The number of carbonyl (C=O) groups is 2. The van der Waals surface area contributed by atoms with Gasteiger partial charge in [0, 0.05) is 36.4 Å². The van der Waals surface area contributed by atoms with Crippen molar-refractivity contribution in [1.29, 1.82) is 0 Å². The lowest BCUT2D eigenvalue weighted by atomic mass is 9.89. The van der Waals surface area contributed by atoms with Crippen LogP contribution in [0.1, 0.15) is 69.3 Å². The number of aromatic nitrogens is 1. The van der Waals surface area contributed by atoms with Gasteiger partial charge in [0.15, 0.2) is 0 Å². The van der Waals surface area contributed by atoms with Gasteiger partial charge in [-0.05, 0) is 37.5 Å². The molecule has 1 aromatic carbocycles. The van der Waals surface area contributed by atoms with Gasteiger partial charge in [-0.25, -0.2) is 4.39 Å². The van der Waals surface area contributed by atoms with E-state index in [9.17, 15) is 23.9 Å². The summed E-state index contributed by atoms with van der Waals surface area (Å²) in [5.74, 6) is -1.60. The van der Waals surface area contributed by atoms with Crippen LogP contribution in [-0.4, -0.2) is 41.7 Å². The van der Waals surface area contributed by atoms with Crippen LogP contribution >= 0.6 is 0 Å². The summed E-state index contributed by atoms with van der Waals surface area (Å²) in [6.07, 6.45) is 1.31. The lowest BCUT2D eigenvalue weighted by Gasteiger charge is -2.26. The number of rotatable bonds is 11. The summed E-state index contributed by atoms with van der Waals surface area (Å²) in [6.45, 7) is 7.79. The first-order chi connectivity index (χ1) is 16.5. The zero-order valence-electron chi connectivity index (χ0n) is 21.1. The number of carbonyl (C=O) groups excluding carboxylic acids is 2. The van der Waals surface area contributed by atoms with E-state index in [1.807, 2.05) is 27.7 Å². The molecule has 0 bridgehead atoms. The van der Waals surface area contributed by atoms with E-state index in [2.05, 4.69) is 4.74 Å². The summed E-state index contributed by atoms with van der Waals surface area (Å²) in [5, 5.41) is 10.5. The van der Waals surface area contributed by atoms with Crippen LogP contribution < -0.4 is 5.56 Å². The second kappa shape index (κ2) is 12.6. The van der Waals surface area contributed by atoms with Crippen molar-refractivity contribution in [3.8, 4) is 11.1 Å². The smallest absolute Gasteiger partial charge is 0.313 e. The molecule has 0 fully saturated rings. The van der Waals surface area contributed by atoms with Crippen LogP contribution in [0.3, 0.4) is 0 Å². The molecule has 2 aromatic rings. The van der Waals surface area contributed by atoms with E-state index in [1.54, 1.807) is 22.8 Å². The average molecular weight is 488 g/mol. The highest BCUT2D eigenvalue weighted by Crippen LogP contribution is 2.34. The van der Waals surface area contributed by atoms with Gasteiger partial charge in [-0.15, -0.1) is 0 Å². The Hall–Kier alpha value is -3.10. The lowest BCUT2D eigenvalue weighted by molar-refractivity contribution is -0.143. The third-order valence-corrected chi connectivity index (χ3v) is 5.56. The highest BCUT2D eigenvalue weighted by molar-refractivity contribution is 5.95. The second-order valence-electron chi connectivity index (χ2n) is 8.94. The van der Waals surface area contributed by atoms with E-state index in [0.717, 1.165) is 5.69 Å². The number of benzene rings is 1. The maximum Gasteiger partial charge on any atom is 0.313 e. The summed E-state index contributed by atoms with van der Waals surface area (Å²) in [4.78, 5) is 37.0. The van der Waals surface area contributed by atoms with Gasteiger partial charge in [0.2, 0.25) is 0 Å². The maximum absolute atomic E-state index is 13.7. The standard InChI is InChI=1S/C27H34FNO6/c1-16(2)26-22(12-11-20(30)13-21(31)14-24(32)35-6)25(18-7-9-19(28)10-8-18)23(15-34-5)27(33)29(26)17(3)4/h7-12,16-17,20,30H,13-15H2,1-6H3/b12-11+. The second-order valence-corrected chi connectivity index (χ2v) is 8.94. The molecule has 2 rings (SSSR count). The van der Waals surface area contributed by atoms with Crippen LogP contribution in [-0.2, 0) is 25.7 Å². The number of ketones is 1. The summed E-state index contributed by atoms with van der Waals surface area (Å²) in [6, 6.07) is 5.68. The number of halogens is 1. The molecule has 35 heavy (non-hydrogen) atoms. The number of hydrogen-bond acceptors (Lipinski definition) is 6. The maximum atomic E-state index is 13.7. The Morgan fingerprint density at radius 3 is 2.26 bits per heavy atom. The Morgan fingerprint density at radius 1 is 1.11 bits per heavy atom. The quantitative estimate of drug-likeness (QED) is 0.373.